The molecular formula is C13H14N4O2S. The zero-order valence-corrected chi connectivity index (χ0v) is 11.6. The second kappa shape index (κ2) is 5.87. The molecule has 0 fully saturated rings. The fraction of sp³-hybridized carbons (Fsp3) is 0.308. The number of rotatable bonds is 6. The standard InChI is InChI=1S/C13H14N4O2S/c18-12(4-3-11-2-1-7-19-11)14-6-5-10-8-20-13-15-9-16-17(10)13/h1-2,7-9H,3-6H2,(H,14,18). The molecule has 6 nitrogen and oxygen atoms in total. The molecule has 0 atom stereocenters. The summed E-state index contributed by atoms with van der Waals surface area (Å²) in [5.41, 5.74) is 1.06. The number of fused-ring (bicyclic) bond motifs is 1. The Hall–Kier alpha value is -2.15. The van der Waals surface area contributed by atoms with Gasteiger partial charge in [0.1, 0.15) is 12.1 Å². The van der Waals surface area contributed by atoms with Crippen molar-refractivity contribution in [3.8, 4) is 0 Å². The van der Waals surface area contributed by atoms with Crippen molar-refractivity contribution in [1.82, 2.24) is 19.9 Å². The molecule has 1 N–H and O–H groups in total. The number of carbonyl (C=O) groups is 1. The molecule has 0 aromatic carbocycles. The summed E-state index contributed by atoms with van der Waals surface area (Å²) >= 11 is 1.55. The van der Waals surface area contributed by atoms with Gasteiger partial charge in [0, 0.05) is 31.2 Å². The van der Waals surface area contributed by atoms with E-state index in [9.17, 15) is 4.79 Å². The zero-order chi connectivity index (χ0) is 13.8. The topological polar surface area (TPSA) is 72.4 Å². The number of carbonyl (C=O) groups excluding carboxylic acids is 1. The van der Waals surface area contributed by atoms with Gasteiger partial charge in [-0.1, -0.05) is 0 Å². The van der Waals surface area contributed by atoms with Crippen molar-refractivity contribution in [3.63, 3.8) is 0 Å². The number of nitrogens with zero attached hydrogens (tertiary/aromatic N) is 3. The molecule has 0 aliphatic carbocycles. The lowest BCUT2D eigenvalue weighted by Crippen LogP contribution is -2.26. The van der Waals surface area contributed by atoms with Crippen LogP contribution in [-0.2, 0) is 17.6 Å². The summed E-state index contributed by atoms with van der Waals surface area (Å²) in [6.07, 6.45) is 4.97. The lowest BCUT2D eigenvalue weighted by Gasteiger charge is -2.03. The molecule has 0 aliphatic heterocycles. The third kappa shape index (κ3) is 2.88. The number of thiazole rings is 1. The Labute approximate surface area is 119 Å². The van der Waals surface area contributed by atoms with Gasteiger partial charge in [-0.2, -0.15) is 5.10 Å². The molecule has 0 radical (unpaired) electrons. The van der Waals surface area contributed by atoms with Crippen LogP contribution < -0.4 is 5.32 Å². The summed E-state index contributed by atoms with van der Waals surface area (Å²) in [5.74, 6) is 0.869. The van der Waals surface area contributed by atoms with Gasteiger partial charge in [0.15, 0.2) is 0 Å². The van der Waals surface area contributed by atoms with Crippen LogP contribution in [-0.4, -0.2) is 27.0 Å². The predicted octanol–water partition coefficient (Wildman–Crippen LogP) is 1.68. The third-order valence-electron chi connectivity index (χ3n) is 2.97. The molecule has 3 aromatic rings. The summed E-state index contributed by atoms with van der Waals surface area (Å²) < 4.78 is 6.99. The molecule has 3 aromatic heterocycles. The van der Waals surface area contributed by atoms with Crippen LogP contribution in [0, 0.1) is 0 Å². The maximum Gasteiger partial charge on any atom is 0.220 e. The monoisotopic (exact) mass is 290 g/mol. The van der Waals surface area contributed by atoms with Crippen LogP contribution in [0.3, 0.4) is 0 Å². The van der Waals surface area contributed by atoms with E-state index < -0.39 is 0 Å². The maximum absolute atomic E-state index is 11.7. The second-order valence-corrected chi connectivity index (χ2v) is 5.20. The average Bonchev–Trinajstić information content (AvgIpc) is 3.15. The third-order valence-corrected chi connectivity index (χ3v) is 3.85. The first-order valence-electron chi connectivity index (χ1n) is 6.38. The van der Waals surface area contributed by atoms with Crippen molar-refractivity contribution in [3.05, 3.63) is 41.6 Å². The Kier molecular flexibility index (Phi) is 3.78. The molecule has 7 heteroatoms. The van der Waals surface area contributed by atoms with Crippen LogP contribution in [0.15, 0.2) is 34.5 Å². The van der Waals surface area contributed by atoms with Crippen molar-refractivity contribution < 1.29 is 9.21 Å². The molecule has 1 amide bonds. The fourth-order valence-electron chi connectivity index (χ4n) is 1.95. The largest absolute Gasteiger partial charge is 0.469 e. The van der Waals surface area contributed by atoms with Crippen LogP contribution >= 0.6 is 11.3 Å². The zero-order valence-electron chi connectivity index (χ0n) is 10.8. The van der Waals surface area contributed by atoms with E-state index in [4.69, 9.17) is 4.42 Å². The first kappa shape index (κ1) is 12.9. The number of hydrogen-bond acceptors (Lipinski definition) is 5. The Morgan fingerprint density at radius 2 is 2.40 bits per heavy atom. The number of hydrogen-bond donors (Lipinski definition) is 1. The highest BCUT2D eigenvalue weighted by Crippen LogP contribution is 2.12. The van der Waals surface area contributed by atoms with Crippen molar-refractivity contribution in [2.75, 3.05) is 6.54 Å². The summed E-state index contributed by atoms with van der Waals surface area (Å²) in [5, 5.41) is 9.06. The van der Waals surface area contributed by atoms with E-state index in [0.29, 0.717) is 19.4 Å². The number of nitrogens with one attached hydrogen (secondary N) is 1. The van der Waals surface area contributed by atoms with Gasteiger partial charge in [-0.05, 0) is 12.1 Å². The van der Waals surface area contributed by atoms with Crippen molar-refractivity contribution in [1.29, 1.82) is 0 Å². The molecule has 3 rings (SSSR count). The lowest BCUT2D eigenvalue weighted by molar-refractivity contribution is -0.121. The number of amides is 1. The molecule has 3 heterocycles. The lowest BCUT2D eigenvalue weighted by atomic mass is 10.2. The van der Waals surface area contributed by atoms with Gasteiger partial charge in [-0.3, -0.25) is 4.79 Å². The summed E-state index contributed by atoms with van der Waals surface area (Å²) in [7, 11) is 0. The molecule has 20 heavy (non-hydrogen) atoms. The van der Waals surface area contributed by atoms with E-state index in [1.807, 2.05) is 17.5 Å². The second-order valence-electron chi connectivity index (χ2n) is 4.36. The van der Waals surface area contributed by atoms with E-state index in [2.05, 4.69) is 15.4 Å². The van der Waals surface area contributed by atoms with Crippen LogP contribution in [0.1, 0.15) is 17.9 Å². The Morgan fingerprint density at radius 3 is 3.25 bits per heavy atom. The minimum atomic E-state index is 0.0338. The molecule has 0 spiro atoms. The number of furan rings is 1. The molecule has 0 saturated carbocycles. The quantitative estimate of drug-likeness (QED) is 0.749. The molecule has 0 unspecified atom stereocenters. The van der Waals surface area contributed by atoms with Gasteiger partial charge in [0.2, 0.25) is 10.9 Å². The molecule has 0 saturated heterocycles. The fourth-order valence-corrected chi connectivity index (χ4v) is 2.79. The minimum absolute atomic E-state index is 0.0338. The SMILES string of the molecule is O=C(CCc1ccco1)NCCc1csc2ncnn12. The first-order chi connectivity index (χ1) is 9.83. The smallest absolute Gasteiger partial charge is 0.220 e. The summed E-state index contributed by atoms with van der Waals surface area (Å²) in [4.78, 5) is 16.7. The highest BCUT2D eigenvalue weighted by atomic mass is 32.1. The molecule has 0 aliphatic rings. The first-order valence-corrected chi connectivity index (χ1v) is 7.26. The van der Waals surface area contributed by atoms with Gasteiger partial charge in [-0.25, -0.2) is 9.50 Å². The van der Waals surface area contributed by atoms with Crippen molar-refractivity contribution >= 4 is 22.2 Å². The minimum Gasteiger partial charge on any atom is -0.469 e. The molecule has 104 valence electrons. The van der Waals surface area contributed by atoms with E-state index in [0.717, 1.165) is 22.8 Å². The van der Waals surface area contributed by atoms with Crippen LogP contribution in [0.4, 0.5) is 0 Å². The van der Waals surface area contributed by atoms with Gasteiger partial charge in [0.05, 0.1) is 12.0 Å². The van der Waals surface area contributed by atoms with Crippen LogP contribution in [0.5, 0.6) is 0 Å². The number of aromatic nitrogens is 3. The van der Waals surface area contributed by atoms with Crippen LogP contribution in [0.25, 0.3) is 4.96 Å². The highest BCUT2D eigenvalue weighted by Gasteiger charge is 2.07. The van der Waals surface area contributed by atoms with E-state index >= 15 is 0 Å². The highest BCUT2D eigenvalue weighted by molar-refractivity contribution is 7.15. The summed E-state index contributed by atoms with van der Waals surface area (Å²) in [6, 6.07) is 3.70. The Bertz CT molecular complexity index is 686. The molecule has 0 bridgehead atoms. The molecular weight excluding hydrogens is 276 g/mol. The van der Waals surface area contributed by atoms with E-state index in [1.54, 1.807) is 22.1 Å². The number of aryl methyl sites for hydroxylation is 1. The summed E-state index contributed by atoms with van der Waals surface area (Å²) in [6.45, 7) is 0.600. The van der Waals surface area contributed by atoms with Crippen LogP contribution in [0.2, 0.25) is 0 Å². The van der Waals surface area contributed by atoms with Gasteiger partial charge < -0.3 is 9.73 Å². The van der Waals surface area contributed by atoms with E-state index in [1.165, 1.54) is 6.33 Å². The maximum atomic E-state index is 11.7. The van der Waals surface area contributed by atoms with E-state index in [-0.39, 0.29) is 5.91 Å². The van der Waals surface area contributed by atoms with Gasteiger partial charge in [0.25, 0.3) is 0 Å². The Morgan fingerprint density at radius 1 is 1.45 bits per heavy atom. The van der Waals surface area contributed by atoms with Gasteiger partial charge >= 0.3 is 0 Å². The Balaban J connectivity index is 1.43. The normalized spacial score (nSPS) is 11.0. The van der Waals surface area contributed by atoms with Crippen molar-refractivity contribution in [2.45, 2.75) is 19.3 Å². The average molecular weight is 290 g/mol. The predicted molar refractivity (Wildman–Crippen MR) is 74.6 cm³/mol. The van der Waals surface area contributed by atoms with Crippen molar-refractivity contribution in [2.24, 2.45) is 0 Å². The van der Waals surface area contributed by atoms with Gasteiger partial charge in [-0.15, -0.1) is 11.3 Å².